The maximum Gasteiger partial charge on any atom is 0.202 e. The third kappa shape index (κ3) is 4.38. The predicted molar refractivity (Wildman–Crippen MR) is 69.2 cm³/mol. The van der Waals surface area contributed by atoms with Gasteiger partial charge in [0.05, 0.1) is 0 Å². The summed E-state index contributed by atoms with van der Waals surface area (Å²) in [7, 11) is 1.73. The number of imidazole rings is 1. The van der Waals surface area contributed by atoms with E-state index in [0.29, 0.717) is 0 Å². The SMILES string of the molecule is COCCCNc1nccn1CCCC1CC1. The van der Waals surface area contributed by atoms with E-state index >= 15 is 0 Å². The summed E-state index contributed by atoms with van der Waals surface area (Å²) < 4.78 is 7.24. The number of ether oxygens (including phenoxy) is 1. The topological polar surface area (TPSA) is 39.1 Å². The van der Waals surface area contributed by atoms with Gasteiger partial charge >= 0.3 is 0 Å². The monoisotopic (exact) mass is 237 g/mol. The number of nitrogens with zero attached hydrogens (tertiary/aromatic N) is 2. The fourth-order valence-electron chi connectivity index (χ4n) is 2.03. The molecule has 0 radical (unpaired) electrons. The molecule has 0 saturated heterocycles. The van der Waals surface area contributed by atoms with Crippen LogP contribution in [0.2, 0.25) is 0 Å². The summed E-state index contributed by atoms with van der Waals surface area (Å²) >= 11 is 0. The smallest absolute Gasteiger partial charge is 0.202 e. The van der Waals surface area contributed by atoms with Gasteiger partial charge in [-0.2, -0.15) is 0 Å². The Balaban J connectivity index is 1.67. The van der Waals surface area contributed by atoms with Gasteiger partial charge in [0, 0.05) is 39.2 Å². The largest absolute Gasteiger partial charge is 0.385 e. The molecule has 17 heavy (non-hydrogen) atoms. The first-order valence-corrected chi connectivity index (χ1v) is 6.64. The molecule has 0 spiro atoms. The zero-order chi connectivity index (χ0) is 11.9. The number of hydrogen-bond donors (Lipinski definition) is 1. The summed E-state index contributed by atoms with van der Waals surface area (Å²) in [5, 5.41) is 3.35. The molecular formula is C13H23N3O. The minimum absolute atomic E-state index is 0.801. The molecule has 0 aromatic carbocycles. The molecule has 0 amide bonds. The summed E-state index contributed by atoms with van der Waals surface area (Å²) in [5.74, 6) is 2.02. The van der Waals surface area contributed by atoms with Crippen molar-refractivity contribution in [3.05, 3.63) is 12.4 Å². The van der Waals surface area contributed by atoms with Crippen molar-refractivity contribution in [2.75, 3.05) is 25.6 Å². The van der Waals surface area contributed by atoms with Crippen LogP contribution >= 0.6 is 0 Å². The molecule has 0 aliphatic heterocycles. The number of rotatable bonds is 9. The predicted octanol–water partition coefficient (Wildman–Crippen LogP) is 2.52. The zero-order valence-corrected chi connectivity index (χ0v) is 10.7. The molecule has 1 saturated carbocycles. The van der Waals surface area contributed by atoms with E-state index in [0.717, 1.165) is 38.0 Å². The van der Waals surface area contributed by atoms with Crippen molar-refractivity contribution < 1.29 is 4.74 Å². The van der Waals surface area contributed by atoms with Crippen molar-refractivity contribution in [1.82, 2.24) is 9.55 Å². The Morgan fingerprint density at radius 2 is 2.35 bits per heavy atom. The first-order valence-electron chi connectivity index (χ1n) is 6.64. The van der Waals surface area contributed by atoms with Gasteiger partial charge in [0.2, 0.25) is 5.95 Å². The molecule has 0 unspecified atom stereocenters. The molecule has 1 fully saturated rings. The number of methoxy groups -OCH3 is 1. The molecule has 1 aliphatic carbocycles. The Labute approximate surface area is 103 Å². The molecule has 1 N–H and O–H groups in total. The number of hydrogen-bond acceptors (Lipinski definition) is 3. The standard InChI is InChI=1S/C13H23N3O/c1-17-11-3-7-14-13-15-8-10-16(13)9-2-4-12-5-6-12/h8,10,12H,2-7,9,11H2,1H3,(H,14,15). The molecule has 1 aromatic heterocycles. The minimum Gasteiger partial charge on any atom is -0.385 e. The van der Waals surface area contributed by atoms with Crippen molar-refractivity contribution in [3.8, 4) is 0 Å². The average molecular weight is 237 g/mol. The van der Waals surface area contributed by atoms with Gasteiger partial charge in [-0.15, -0.1) is 0 Å². The lowest BCUT2D eigenvalue weighted by molar-refractivity contribution is 0.197. The zero-order valence-electron chi connectivity index (χ0n) is 10.7. The molecule has 0 bridgehead atoms. The van der Waals surface area contributed by atoms with Crippen LogP contribution in [0.15, 0.2) is 12.4 Å². The Kier molecular flexibility index (Phi) is 4.86. The van der Waals surface area contributed by atoms with Crippen LogP contribution in [0.25, 0.3) is 0 Å². The summed E-state index contributed by atoms with van der Waals surface area (Å²) in [6, 6.07) is 0. The van der Waals surface area contributed by atoms with Crippen LogP contribution in [0.3, 0.4) is 0 Å². The van der Waals surface area contributed by atoms with Crippen LogP contribution < -0.4 is 5.32 Å². The van der Waals surface area contributed by atoms with Crippen molar-refractivity contribution >= 4 is 5.95 Å². The van der Waals surface area contributed by atoms with Crippen molar-refractivity contribution in [3.63, 3.8) is 0 Å². The van der Waals surface area contributed by atoms with E-state index in [9.17, 15) is 0 Å². The van der Waals surface area contributed by atoms with Gasteiger partial charge in [0.1, 0.15) is 0 Å². The molecule has 1 heterocycles. The van der Waals surface area contributed by atoms with Gasteiger partial charge in [0.15, 0.2) is 0 Å². The second-order valence-corrected chi connectivity index (χ2v) is 4.80. The molecule has 1 aliphatic rings. The highest BCUT2D eigenvalue weighted by Gasteiger charge is 2.20. The number of nitrogens with one attached hydrogen (secondary N) is 1. The molecule has 4 heteroatoms. The Morgan fingerprint density at radius 3 is 3.12 bits per heavy atom. The average Bonchev–Trinajstić information content (AvgIpc) is 3.05. The molecular weight excluding hydrogens is 214 g/mol. The lowest BCUT2D eigenvalue weighted by Crippen LogP contribution is -2.10. The van der Waals surface area contributed by atoms with Crippen LogP contribution in [0.5, 0.6) is 0 Å². The normalized spacial score (nSPS) is 15.1. The lowest BCUT2D eigenvalue weighted by atomic mass is 10.2. The van der Waals surface area contributed by atoms with E-state index in [1.807, 2.05) is 6.20 Å². The van der Waals surface area contributed by atoms with Crippen molar-refractivity contribution in [1.29, 1.82) is 0 Å². The van der Waals surface area contributed by atoms with Crippen molar-refractivity contribution in [2.45, 2.75) is 38.6 Å². The van der Waals surface area contributed by atoms with E-state index < -0.39 is 0 Å². The van der Waals surface area contributed by atoms with Gasteiger partial charge in [0.25, 0.3) is 0 Å². The molecule has 0 atom stereocenters. The summed E-state index contributed by atoms with van der Waals surface area (Å²) in [6.45, 7) is 2.81. The van der Waals surface area contributed by atoms with E-state index in [1.54, 1.807) is 7.11 Å². The highest BCUT2D eigenvalue weighted by Crippen LogP contribution is 2.33. The van der Waals surface area contributed by atoms with Gasteiger partial charge < -0.3 is 14.6 Å². The van der Waals surface area contributed by atoms with Crippen LogP contribution in [0, 0.1) is 5.92 Å². The van der Waals surface area contributed by atoms with E-state index in [4.69, 9.17) is 4.74 Å². The summed E-state index contributed by atoms with van der Waals surface area (Å²) in [5.41, 5.74) is 0. The third-order valence-electron chi connectivity index (χ3n) is 3.23. The Morgan fingerprint density at radius 1 is 1.47 bits per heavy atom. The molecule has 4 nitrogen and oxygen atoms in total. The van der Waals surface area contributed by atoms with Gasteiger partial charge in [-0.1, -0.05) is 12.8 Å². The van der Waals surface area contributed by atoms with Crippen molar-refractivity contribution in [2.24, 2.45) is 5.92 Å². The maximum atomic E-state index is 5.02. The van der Waals surface area contributed by atoms with Gasteiger partial charge in [-0.05, 0) is 25.2 Å². The van der Waals surface area contributed by atoms with Crippen LogP contribution in [0.4, 0.5) is 5.95 Å². The van der Waals surface area contributed by atoms with Crippen LogP contribution in [0.1, 0.15) is 32.1 Å². The lowest BCUT2D eigenvalue weighted by Gasteiger charge is -2.09. The minimum atomic E-state index is 0.801. The molecule has 96 valence electrons. The number of anilines is 1. The highest BCUT2D eigenvalue weighted by molar-refractivity contribution is 5.25. The van der Waals surface area contributed by atoms with Crippen LogP contribution in [-0.2, 0) is 11.3 Å². The maximum absolute atomic E-state index is 5.02. The first kappa shape index (κ1) is 12.4. The number of aryl methyl sites for hydroxylation is 1. The van der Waals surface area contributed by atoms with Gasteiger partial charge in [-0.3, -0.25) is 0 Å². The highest BCUT2D eigenvalue weighted by atomic mass is 16.5. The first-order chi connectivity index (χ1) is 8.40. The van der Waals surface area contributed by atoms with E-state index in [1.165, 1.54) is 25.7 Å². The fourth-order valence-corrected chi connectivity index (χ4v) is 2.03. The second kappa shape index (κ2) is 6.64. The second-order valence-electron chi connectivity index (χ2n) is 4.80. The van der Waals surface area contributed by atoms with E-state index in [2.05, 4.69) is 21.1 Å². The summed E-state index contributed by atoms with van der Waals surface area (Å²) in [6.07, 6.45) is 10.5. The van der Waals surface area contributed by atoms with Gasteiger partial charge in [-0.25, -0.2) is 4.98 Å². The molecule has 1 aromatic rings. The summed E-state index contributed by atoms with van der Waals surface area (Å²) in [4.78, 5) is 4.34. The molecule has 2 rings (SSSR count). The van der Waals surface area contributed by atoms with E-state index in [-0.39, 0.29) is 0 Å². The third-order valence-corrected chi connectivity index (χ3v) is 3.23. The quantitative estimate of drug-likeness (QED) is 0.671. The fraction of sp³-hybridized carbons (Fsp3) is 0.769. The Bertz CT molecular complexity index is 320. The Hall–Kier alpha value is -1.03. The number of aromatic nitrogens is 2. The van der Waals surface area contributed by atoms with Crippen LogP contribution in [-0.4, -0.2) is 29.8 Å².